The molecule has 0 aliphatic heterocycles. The Morgan fingerprint density at radius 3 is 2.56 bits per heavy atom. The highest BCUT2D eigenvalue weighted by Gasteiger charge is 2.30. The molecule has 0 radical (unpaired) electrons. The molecular weight excluding hydrogens is 243 g/mol. The predicted molar refractivity (Wildman–Crippen MR) is 55.5 cm³/mol. The third-order valence-corrected chi connectivity index (χ3v) is 2.20. The largest absolute Gasteiger partial charge is 0.416 e. The van der Waals surface area contributed by atoms with E-state index < -0.39 is 17.6 Å². The minimum absolute atomic E-state index is 0.125. The van der Waals surface area contributed by atoms with Gasteiger partial charge in [0.05, 0.1) is 5.56 Å². The fourth-order valence-corrected chi connectivity index (χ4v) is 1.18. The van der Waals surface area contributed by atoms with Crippen molar-refractivity contribution in [1.29, 1.82) is 0 Å². The van der Waals surface area contributed by atoms with E-state index in [1.165, 1.54) is 6.07 Å². The molecule has 6 heteroatoms. The zero-order valence-corrected chi connectivity index (χ0v) is 9.12. The molecule has 88 valence electrons. The van der Waals surface area contributed by atoms with E-state index in [4.69, 9.17) is 11.6 Å². The summed E-state index contributed by atoms with van der Waals surface area (Å²) in [5, 5.41) is 2.30. The van der Waals surface area contributed by atoms with Crippen molar-refractivity contribution in [2.75, 3.05) is 11.2 Å². The average Bonchev–Trinajstić information content (AvgIpc) is 2.19. The van der Waals surface area contributed by atoms with Crippen molar-refractivity contribution in [3.8, 4) is 0 Å². The van der Waals surface area contributed by atoms with Gasteiger partial charge in [-0.05, 0) is 24.6 Å². The Balaban J connectivity index is 3.04. The molecule has 0 aliphatic rings. The molecule has 0 bridgehead atoms. The fraction of sp³-hybridized carbons (Fsp3) is 0.300. The lowest BCUT2D eigenvalue weighted by atomic mass is 10.1. The molecule has 16 heavy (non-hydrogen) atoms. The molecule has 0 atom stereocenters. The Morgan fingerprint density at radius 2 is 2.06 bits per heavy atom. The van der Waals surface area contributed by atoms with Crippen molar-refractivity contribution in [3.63, 3.8) is 0 Å². The number of rotatable bonds is 2. The van der Waals surface area contributed by atoms with Gasteiger partial charge in [0.25, 0.3) is 0 Å². The van der Waals surface area contributed by atoms with Crippen LogP contribution in [0.2, 0.25) is 0 Å². The van der Waals surface area contributed by atoms with Gasteiger partial charge in [-0.25, -0.2) is 0 Å². The first kappa shape index (κ1) is 12.8. The second-order valence-electron chi connectivity index (χ2n) is 3.21. The molecule has 0 unspecified atom stereocenters. The number of hydrogen-bond donors (Lipinski definition) is 1. The lowest BCUT2D eigenvalue weighted by Crippen LogP contribution is -2.14. The molecule has 0 fully saturated rings. The maximum Gasteiger partial charge on any atom is 0.416 e. The Hall–Kier alpha value is -1.23. The highest BCUT2D eigenvalue weighted by atomic mass is 35.5. The van der Waals surface area contributed by atoms with Crippen LogP contribution >= 0.6 is 11.6 Å². The highest BCUT2D eigenvalue weighted by molar-refractivity contribution is 6.29. The standard InChI is InChI=1S/C10H9ClF3NO/c1-6-2-3-7(10(12,13)14)4-8(6)15-9(16)5-11/h2-4H,5H2,1H3,(H,15,16). The van der Waals surface area contributed by atoms with E-state index in [2.05, 4.69) is 5.32 Å². The van der Waals surface area contributed by atoms with E-state index in [-0.39, 0.29) is 11.6 Å². The summed E-state index contributed by atoms with van der Waals surface area (Å²) in [6.45, 7) is 1.60. The molecule has 0 saturated heterocycles. The number of amides is 1. The van der Waals surface area contributed by atoms with Crippen LogP contribution in [-0.2, 0) is 11.0 Å². The molecular formula is C10H9ClF3NO. The molecule has 0 aromatic heterocycles. The van der Waals surface area contributed by atoms with E-state index in [0.717, 1.165) is 12.1 Å². The summed E-state index contributed by atoms with van der Waals surface area (Å²) in [6, 6.07) is 3.15. The number of halogens is 4. The first-order chi connectivity index (χ1) is 7.34. The van der Waals surface area contributed by atoms with Crippen LogP contribution in [0.25, 0.3) is 0 Å². The van der Waals surface area contributed by atoms with Gasteiger partial charge in [0.15, 0.2) is 0 Å². The summed E-state index contributed by atoms with van der Waals surface area (Å²) in [5.41, 5.74) is -0.130. The van der Waals surface area contributed by atoms with E-state index in [9.17, 15) is 18.0 Å². The van der Waals surface area contributed by atoms with Crippen molar-refractivity contribution >= 4 is 23.2 Å². The first-order valence-electron chi connectivity index (χ1n) is 4.38. The van der Waals surface area contributed by atoms with Crippen molar-refractivity contribution < 1.29 is 18.0 Å². The Morgan fingerprint density at radius 1 is 1.44 bits per heavy atom. The molecule has 1 amide bonds. The molecule has 1 aromatic carbocycles. The van der Waals surface area contributed by atoms with Crippen LogP contribution in [0.15, 0.2) is 18.2 Å². The topological polar surface area (TPSA) is 29.1 Å². The summed E-state index contributed by atoms with van der Waals surface area (Å²) in [5.74, 6) is -0.834. The van der Waals surface area contributed by atoms with E-state index in [1.54, 1.807) is 6.92 Å². The van der Waals surface area contributed by atoms with Crippen molar-refractivity contribution in [2.45, 2.75) is 13.1 Å². The van der Waals surface area contributed by atoms with Gasteiger partial charge < -0.3 is 5.32 Å². The van der Waals surface area contributed by atoms with E-state index >= 15 is 0 Å². The molecule has 1 aromatic rings. The van der Waals surface area contributed by atoms with E-state index in [1.807, 2.05) is 0 Å². The normalized spacial score (nSPS) is 11.3. The summed E-state index contributed by atoms with van der Waals surface area (Å²) in [4.78, 5) is 11.0. The summed E-state index contributed by atoms with van der Waals surface area (Å²) < 4.78 is 37.1. The number of aryl methyl sites for hydroxylation is 1. The minimum Gasteiger partial charge on any atom is -0.325 e. The first-order valence-corrected chi connectivity index (χ1v) is 4.91. The Bertz CT molecular complexity index is 404. The van der Waals surface area contributed by atoms with Gasteiger partial charge >= 0.3 is 6.18 Å². The smallest absolute Gasteiger partial charge is 0.325 e. The monoisotopic (exact) mass is 251 g/mol. The number of anilines is 1. The second-order valence-corrected chi connectivity index (χ2v) is 3.48. The predicted octanol–water partition coefficient (Wildman–Crippen LogP) is 3.19. The van der Waals surface area contributed by atoms with Gasteiger partial charge in [-0.1, -0.05) is 6.07 Å². The van der Waals surface area contributed by atoms with Crippen LogP contribution in [0.5, 0.6) is 0 Å². The van der Waals surface area contributed by atoms with Crippen LogP contribution in [-0.4, -0.2) is 11.8 Å². The van der Waals surface area contributed by atoms with Crippen LogP contribution < -0.4 is 5.32 Å². The Kier molecular flexibility index (Phi) is 3.80. The molecule has 0 aliphatic carbocycles. The average molecular weight is 252 g/mol. The number of hydrogen-bond acceptors (Lipinski definition) is 1. The highest BCUT2D eigenvalue weighted by Crippen LogP contribution is 2.31. The van der Waals surface area contributed by atoms with Gasteiger partial charge in [-0.3, -0.25) is 4.79 Å². The van der Waals surface area contributed by atoms with Gasteiger partial charge in [0, 0.05) is 5.69 Å². The Labute approximate surface area is 95.4 Å². The summed E-state index contributed by atoms with van der Waals surface area (Å²) in [7, 11) is 0. The third kappa shape index (κ3) is 3.13. The van der Waals surface area contributed by atoms with Crippen LogP contribution in [0.1, 0.15) is 11.1 Å². The summed E-state index contributed by atoms with van der Waals surface area (Å²) in [6.07, 6.45) is -4.42. The van der Waals surface area contributed by atoms with Gasteiger partial charge in [-0.2, -0.15) is 13.2 Å². The molecule has 1 rings (SSSR count). The quantitative estimate of drug-likeness (QED) is 0.804. The molecule has 0 saturated carbocycles. The number of carbonyl (C=O) groups is 1. The molecule has 1 N–H and O–H groups in total. The van der Waals surface area contributed by atoms with Crippen molar-refractivity contribution in [1.82, 2.24) is 0 Å². The number of nitrogens with one attached hydrogen (secondary N) is 1. The second kappa shape index (κ2) is 4.74. The number of benzene rings is 1. The number of carbonyl (C=O) groups excluding carboxylic acids is 1. The maximum absolute atomic E-state index is 12.4. The number of alkyl halides is 4. The van der Waals surface area contributed by atoms with Crippen molar-refractivity contribution in [3.05, 3.63) is 29.3 Å². The lowest BCUT2D eigenvalue weighted by Gasteiger charge is -2.11. The SMILES string of the molecule is Cc1ccc(C(F)(F)F)cc1NC(=O)CCl. The third-order valence-electron chi connectivity index (χ3n) is 1.96. The molecule has 0 heterocycles. The zero-order chi connectivity index (χ0) is 12.3. The molecule has 0 spiro atoms. The zero-order valence-electron chi connectivity index (χ0n) is 8.36. The summed E-state index contributed by atoms with van der Waals surface area (Å²) >= 11 is 5.25. The van der Waals surface area contributed by atoms with Gasteiger partial charge in [-0.15, -0.1) is 11.6 Å². The van der Waals surface area contributed by atoms with Gasteiger partial charge in [0.2, 0.25) is 5.91 Å². The maximum atomic E-state index is 12.4. The van der Waals surface area contributed by atoms with Crippen LogP contribution in [0, 0.1) is 6.92 Å². The molecule has 2 nitrogen and oxygen atoms in total. The van der Waals surface area contributed by atoms with Crippen LogP contribution in [0.4, 0.5) is 18.9 Å². The fourth-order valence-electron chi connectivity index (χ4n) is 1.12. The van der Waals surface area contributed by atoms with Crippen molar-refractivity contribution in [2.24, 2.45) is 0 Å². The lowest BCUT2D eigenvalue weighted by molar-refractivity contribution is -0.137. The van der Waals surface area contributed by atoms with Gasteiger partial charge in [0.1, 0.15) is 5.88 Å². The van der Waals surface area contributed by atoms with E-state index in [0.29, 0.717) is 5.56 Å². The van der Waals surface area contributed by atoms with Crippen LogP contribution in [0.3, 0.4) is 0 Å². The minimum atomic E-state index is -4.42.